The molecule has 1 aliphatic heterocycles. The average Bonchev–Trinajstić information content (AvgIpc) is 3.61. The maximum atomic E-state index is 13.7. The van der Waals surface area contributed by atoms with Gasteiger partial charge in [-0.15, -0.1) is 10.2 Å². The van der Waals surface area contributed by atoms with Gasteiger partial charge in [-0.3, -0.25) is 14.5 Å². The Kier molecular flexibility index (Phi) is 10.8. The van der Waals surface area contributed by atoms with Crippen LogP contribution in [0.2, 0.25) is 5.02 Å². The van der Waals surface area contributed by atoms with Crippen molar-refractivity contribution in [2.45, 2.75) is 56.2 Å². The number of nitrogens with zero attached hydrogens (tertiary/aromatic N) is 3. The van der Waals surface area contributed by atoms with Crippen molar-refractivity contribution in [1.29, 1.82) is 0 Å². The number of hydrogen-bond donors (Lipinski definition) is 1. The number of anilines is 1. The summed E-state index contributed by atoms with van der Waals surface area (Å²) in [6, 6.07) is 19.0. The SMILES string of the molecule is CCCCCOc1ccc(C2/C(=C(\O)c3ccc(Cl)cc3)C(=O)C(=O)N2c2nnc(SCc3ccc(C)cc3)s2)cc1OCC. The first-order valence-corrected chi connectivity index (χ1v) is 17.0. The van der Waals surface area contributed by atoms with Crippen molar-refractivity contribution in [3.63, 3.8) is 0 Å². The van der Waals surface area contributed by atoms with Gasteiger partial charge in [0.05, 0.1) is 24.8 Å². The van der Waals surface area contributed by atoms with Crippen LogP contribution in [0.1, 0.15) is 61.4 Å². The molecule has 1 unspecified atom stereocenters. The third-order valence-electron chi connectivity index (χ3n) is 7.24. The van der Waals surface area contributed by atoms with Gasteiger partial charge in [-0.25, -0.2) is 0 Å². The van der Waals surface area contributed by atoms with E-state index in [2.05, 4.69) is 41.4 Å². The summed E-state index contributed by atoms with van der Waals surface area (Å²) in [6.45, 7) is 6.97. The molecule has 234 valence electrons. The van der Waals surface area contributed by atoms with E-state index in [1.807, 2.05) is 13.8 Å². The van der Waals surface area contributed by atoms with E-state index in [0.717, 1.165) is 24.8 Å². The summed E-state index contributed by atoms with van der Waals surface area (Å²) in [7, 11) is 0. The number of benzene rings is 3. The van der Waals surface area contributed by atoms with Gasteiger partial charge >= 0.3 is 5.91 Å². The highest BCUT2D eigenvalue weighted by molar-refractivity contribution is 8.00. The number of aryl methyl sites for hydroxylation is 1. The van der Waals surface area contributed by atoms with Crippen LogP contribution in [-0.2, 0) is 15.3 Å². The number of ketones is 1. The third-order valence-corrected chi connectivity index (χ3v) is 9.61. The number of amides is 1. The number of halogens is 1. The first-order chi connectivity index (χ1) is 21.8. The molecule has 0 bridgehead atoms. The molecule has 1 atom stereocenters. The smallest absolute Gasteiger partial charge is 0.301 e. The molecular weight excluding hydrogens is 630 g/mol. The minimum atomic E-state index is -0.989. The highest BCUT2D eigenvalue weighted by atomic mass is 35.5. The summed E-state index contributed by atoms with van der Waals surface area (Å²) in [5, 5.41) is 20.8. The van der Waals surface area contributed by atoms with E-state index in [9.17, 15) is 14.7 Å². The van der Waals surface area contributed by atoms with Crippen molar-refractivity contribution < 1.29 is 24.2 Å². The van der Waals surface area contributed by atoms with Crippen LogP contribution in [-0.4, -0.2) is 40.2 Å². The predicted molar refractivity (Wildman–Crippen MR) is 180 cm³/mol. The van der Waals surface area contributed by atoms with Crippen LogP contribution >= 0.6 is 34.7 Å². The van der Waals surface area contributed by atoms with E-state index < -0.39 is 17.7 Å². The van der Waals surface area contributed by atoms with Gasteiger partial charge < -0.3 is 14.6 Å². The molecule has 1 amide bonds. The van der Waals surface area contributed by atoms with E-state index in [-0.39, 0.29) is 16.5 Å². The number of unbranched alkanes of at least 4 members (excludes halogenated alkanes) is 2. The van der Waals surface area contributed by atoms with Crippen LogP contribution in [0, 0.1) is 6.92 Å². The number of aliphatic hydroxyl groups excluding tert-OH is 1. The number of aliphatic hydroxyl groups is 1. The van der Waals surface area contributed by atoms with Gasteiger partial charge in [0.15, 0.2) is 15.8 Å². The number of hydrogen-bond acceptors (Lipinski definition) is 9. The number of thioether (sulfide) groups is 1. The number of carbonyl (C=O) groups is 2. The Bertz CT molecular complexity index is 1690. The Morgan fingerprint density at radius 2 is 1.73 bits per heavy atom. The van der Waals surface area contributed by atoms with Gasteiger partial charge in [-0.05, 0) is 67.8 Å². The first-order valence-electron chi connectivity index (χ1n) is 14.8. The molecule has 3 aromatic carbocycles. The Balaban J connectivity index is 1.54. The molecule has 0 radical (unpaired) electrons. The van der Waals surface area contributed by atoms with E-state index in [1.165, 1.54) is 33.6 Å². The highest BCUT2D eigenvalue weighted by Crippen LogP contribution is 2.45. The van der Waals surface area contributed by atoms with Crippen LogP contribution in [0.3, 0.4) is 0 Å². The van der Waals surface area contributed by atoms with Crippen LogP contribution < -0.4 is 14.4 Å². The first kappa shape index (κ1) is 32.5. The molecule has 45 heavy (non-hydrogen) atoms. The van der Waals surface area contributed by atoms with Gasteiger partial charge in [-0.2, -0.15) is 0 Å². The topological polar surface area (TPSA) is 102 Å². The fourth-order valence-corrected chi connectivity index (χ4v) is 6.86. The zero-order chi connectivity index (χ0) is 31.9. The van der Waals surface area contributed by atoms with Crippen LogP contribution in [0.5, 0.6) is 11.5 Å². The summed E-state index contributed by atoms with van der Waals surface area (Å²) in [5.74, 6) is -0.222. The minimum Gasteiger partial charge on any atom is -0.507 e. The maximum Gasteiger partial charge on any atom is 0.301 e. The maximum absolute atomic E-state index is 13.7. The monoisotopic (exact) mass is 663 g/mol. The normalized spacial score (nSPS) is 15.9. The standard InChI is InChI=1S/C34H34ClN3O5S2/c1-4-6-7-18-43-26-17-14-24(19-27(26)42-5-2)29-28(30(39)23-12-15-25(35)16-13-23)31(40)32(41)38(29)33-36-37-34(45-33)44-20-22-10-8-21(3)9-11-22/h8-17,19,29,39H,4-7,18,20H2,1-3H3/b30-28+. The summed E-state index contributed by atoms with van der Waals surface area (Å²) >= 11 is 8.79. The molecule has 1 N–H and O–H groups in total. The predicted octanol–water partition coefficient (Wildman–Crippen LogP) is 8.39. The molecule has 5 rings (SSSR count). The fourth-order valence-electron chi connectivity index (χ4n) is 4.91. The van der Waals surface area contributed by atoms with Crippen molar-refractivity contribution in [2.24, 2.45) is 0 Å². The molecule has 2 heterocycles. The van der Waals surface area contributed by atoms with Crippen LogP contribution in [0.15, 0.2) is 76.6 Å². The summed E-state index contributed by atoms with van der Waals surface area (Å²) < 4.78 is 12.6. The van der Waals surface area contributed by atoms with E-state index in [0.29, 0.717) is 51.0 Å². The Hall–Kier alpha value is -3.86. The lowest BCUT2D eigenvalue weighted by Crippen LogP contribution is -2.29. The quantitative estimate of drug-likeness (QED) is 0.0380. The van der Waals surface area contributed by atoms with Gasteiger partial charge in [0.1, 0.15) is 5.76 Å². The molecule has 0 saturated carbocycles. The Morgan fingerprint density at radius 3 is 2.44 bits per heavy atom. The van der Waals surface area contributed by atoms with Crippen molar-refractivity contribution in [1.82, 2.24) is 10.2 Å². The zero-order valence-electron chi connectivity index (χ0n) is 25.3. The van der Waals surface area contributed by atoms with Gasteiger partial charge in [-0.1, -0.05) is 90.4 Å². The van der Waals surface area contributed by atoms with E-state index >= 15 is 0 Å². The zero-order valence-corrected chi connectivity index (χ0v) is 27.7. The van der Waals surface area contributed by atoms with Crippen molar-refractivity contribution in [3.8, 4) is 11.5 Å². The lowest BCUT2D eigenvalue weighted by Gasteiger charge is -2.23. The molecule has 11 heteroatoms. The van der Waals surface area contributed by atoms with Crippen molar-refractivity contribution >= 4 is 57.3 Å². The number of ether oxygens (including phenoxy) is 2. The number of Topliss-reactive ketones (excluding diaryl/α,β-unsaturated/α-hetero) is 1. The van der Waals surface area contributed by atoms with Gasteiger partial charge in [0, 0.05) is 16.3 Å². The number of aromatic nitrogens is 2. The second kappa shape index (κ2) is 14.9. The van der Waals surface area contributed by atoms with Crippen LogP contribution in [0.4, 0.5) is 5.13 Å². The second-order valence-electron chi connectivity index (χ2n) is 10.5. The summed E-state index contributed by atoms with van der Waals surface area (Å²) in [5.41, 5.74) is 3.16. The Labute approximate surface area is 276 Å². The molecule has 8 nitrogen and oxygen atoms in total. The minimum absolute atomic E-state index is 0.0644. The molecule has 0 spiro atoms. The molecule has 1 aliphatic rings. The molecule has 1 saturated heterocycles. The lowest BCUT2D eigenvalue weighted by atomic mass is 9.95. The van der Waals surface area contributed by atoms with Gasteiger partial charge in [0.2, 0.25) is 5.13 Å². The average molecular weight is 664 g/mol. The number of carbonyl (C=O) groups excluding carboxylic acids is 2. The summed E-state index contributed by atoms with van der Waals surface area (Å²) in [4.78, 5) is 28.6. The molecule has 0 aliphatic carbocycles. The van der Waals surface area contributed by atoms with E-state index in [1.54, 1.807) is 42.5 Å². The molecule has 4 aromatic rings. The van der Waals surface area contributed by atoms with Gasteiger partial charge in [0.25, 0.3) is 5.78 Å². The second-order valence-corrected chi connectivity index (χ2v) is 13.1. The molecule has 1 fully saturated rings. The summed E-state index contributed by atoms with van der Waals surface area (Å²) in [6.07, 6.45) is 3.03. The van der Waals surface area contributed by atoms with Crippen molar-refractivity contribution in [2.75, 3.05) is 18.1 Å². The lowest BCUT2D eigenvalue weighted by molar-refractivity contribution is -0.132. The fraction of sp³-hybridized carbons (Fsp3) is 0.294. The van der Waals surface area contributed by atoms with Crippen molar-refractivity contribution in [3.05, 3.63) is 99.6 Å². The largest absolute Gasteiger partial charge is 0.507 e. The van der Waals surface area contributed by atoms with E-state index in [4.69, 9.17) is 21.1 Å². The number of rotatable bonds is 13. The molecular formula is C34H34ClN3O5S2. The molecule has 1 aromatic heterocycles. The Morgan fingerprint density at radius 1 is 0.978 bits per heavy atom. The third kappa shape index (κ3) is 7.52. The van der Waals surface area contributed by atoms with Crippen LogP contribution in [0.25, 0.3) is 5.76 Å². The highest BCUT2D eigenvalue weighted by Gasteiger charge is 2.48.